The smallest absolute Gasteiger partial charge is 0.269 e. The molecule has 1 fully saturated rings. The average molecular weight is 433 g/mol. The van der Waals surface area contributed by atoms with E-state index in [9.17, 15) is 18.0 Å². The first-order chi connectivity index (χ1) is 14.4. The van der Waals surface area contributed by atoms with Gasteiger partial charge >= 0.3 is 0 Å². The Labute approximate surface area is 175 Å². The van der Waals surface area contributed by atoms with E-state index in [0.29, 0.717) is 31.1 Å². The summed E-state index contributed by atoms with van der Waals surface area (Å²) in [6.07, 6.45) is 0. The molecule has 10 heteroatoms. The van der Waals surface area contributed by atoms with Crippen LogP contribution < -0.4 is 15.6 Å². The zero-order chi connectivity index (χ0) is 21.6. The van der Waals surface area contributed by atoms with E-state index < -0.39 is 21.8 Å². The van der Waals surface area contributed by atoms with Crippen LogP contribution in [0.2, 0.25) is 0 Å². The standard InChI is InChI=1S/C20H23N3O6S/c1-2-29-17-8-6-15(7-9-17)19(24)21-22-20(25)16-4-3-5-18(14-16)30(26,27)23-10-12-28-13-11-23/h3-9,14H,2,10-13H2,1H3,(H,21,24)(H,22,25). The summed E-state index contributed by atoms with van der Waals surface area (Å²) in [6.45, 7) is 3.56. The van der Waals surface area contributed by atoms with Gasteiger partial charge in [-0.15, -0.1) is 0 Å². The minimum absolute atomic E-state index is 0.00916. The Hall–Kier alpha value is -2.95. The van der Waals surface area contributed by atoms with Crippen molar-refractivity contribution in [1.29, 1.82) is 0 Å². The van der Waals surface area contributed by atoms with Crippen LogP contribution in [0.5, 0.6) is 5.75 Å². The molecule has 160 valence electrons. The van der Waals surface area contributed by atoms with Gasteiger partial charge in [0.15, 0.2) is 0 Å². The lowest BCUT2D eigenvalue weighted by atomic mass is 10.2. The number of hydrogen-bond acceptors (Lipinski definition) is 6. The first-order valence-corrected chi connectivity index (χ1v) is 10.9. The van der Waals surface area contributed by atoms with Crippen molar-refractivity contribution >= 4 is 21.8 Å². The highest BCUT2D eigenvalue weighted by molar-refractivity contribution is 7.89. The summed E-state index contributed by atoms with van der Waals surface area (Å²) in [4.78, 5) is 24.6. The van der Waals surface area contributed by atoms with Crippen LogP contribution >= 0.6 is 0 Å². The summed E-state index contributed by atoms with van der Waals surface area (Å²) in [5.74, 6) is -0.506. The molecule has 2 N–H and O–H groups in total. The molecular weight excluding hydrogens is 410 g/mol. The number of sulfonamides is 1. The van der Waals surface area contributed by atoms with Crippen molar-refractivity contribution < 1.29 is 27.5 Å². The first-order valence-electron chi connectivity index (χ1n) is 9.43. The Morgan fingerprint density at radius 1 is 1.00 bits per heavy atom. The Morgan fingerprint density at radius 3 is 2.27 bits per heavy atom. The van der Waals surface area contributed by atoms with Gasteiger partial charge in [-0.3, -0.25) is 20.4 Å². The molecule has 0 unspecified atom stereocenters. The normalized spacial score (nSPS) is 14.7. The molecule has 0 radical (unpaired) electrons. The number of carbonyl (C=O) groups excluding carboxylic acids is 2. The fourth-order valence-corrected chi connectivity index (χ4v) is 4.32. The zero-order valence-electron chi connectivity index (χ0n) is 16.5. The number of carbonyl (C=O) groups is 2. The van der Waals surface area contributed by atoms with E-state index in [1.54, 1.807) is 24.3 Å². The second kappa shape index (κ2) is 9.70. The van der Waals surface area contributed by atoms with Gasteiger partial charge in [-0.25, -0.2) is 8.42 Å². The van der Waals surface area contributed by atoms with Crippen molar-refractivity contribution in [2.24, 2.45) is 0 Å². The number of hydrazine groups is 1. The van der Waals surface area contributed by atoms with Crippen LogP contribution in [0.4, 0.5) is 0 Å². The van der Waals surface area contributed by atoms with E-state index in [1.807, 2.05) is 6.92 Å². The van der Waals surface area contributed by atoms with Crippen LogP contribution in [0.1, 0.15) is 27.6 Å². The molecule has 0 aromatic heterocycles. The van der Waals surface area contributed by atoms with Gasteiger partial charge in [0, 0.05) is 24.2 Å². The van der Waals surface area contributed by atoms with Gasteiger partial charge in [0.2, 0.25) is 10.0 Å². The van der Waals surface area contributed by atoms with E-state index in [-0.39, 0.29) is 23.5 Å². The highest BCUT2D eigenvalue weighted by Crippen LogP contribution is 2.18. The lowest BCUT2D eigenvalue weighted by molar-refractivity contribution is 0.0730. The highest BCUT2D eigenvalue weighted by Gasteiger charge is 2.26. The van der Waals surface area contributed by atoms with Crippen LogP contribution in [0, 0.1) is 0 Å². The summed E-state index contributed by atoms with van der Waals surface area (Å²) in [7, 11) is -3.73. The van der Waals surface area contributed by atoms with E-state index in [1.165, 1.54) is 28.6 Å². The molecule has 1 aliphatic heterocycles. The summed E-state index contributed by atoms with van der Waals surface area (Å²) in [6, 6.07) is 12.1. The summed E-state index contributed by atoms with van der Waals surface area (Å²) in [5, 5.41) is 0. The second-order valence-electron chi connectivity index (χ2n) is 6.41. The summed E-state index contributed by atoms with van der Waals surface area (Å²) < 4.78 is 37.3. The van der Waals surface area contributed by atoms with Crippen LogP contribution in [0.3, 0.4) is 0 Å². The third-order valence-electron chi connectivity index (χ3n) is 4.42. The average Bonchev–Trinajstić information content (AvgIpc) is 2.78. The van der Waals surface area contributed by atoms with Crippen LogP contribution in [0.25, 0.3) is 0 Å². The van der Waals surface area contributed by atoms with Gasteiger partial charge < -0.3 is 9.47 Å². The molecule has 0 spiro atoms. The highest BCUT2D eigenvalue weighted by atomic mass is 32.2. The first kappa shape index (κ1) is 21.8. The van der Waals surface area contributed by atoms with Crippen molar-refractivity contribution in [3.8, 4) is 5.75 Å². The molecule has 0 aliphatic carbocycles. The van der Waals surface area contributed by atoms with Crippen molar-refractivity contribution in [1.82, 2.24) is 15.2 Å². The number of morpholine rings is 1. The van der Waals surface area contributed by atoms with Gasteiger partial charge in [0.1, 0.15) is 5.75 Å². The molecule has 0 atom stereocenters. The van der Waals surface area contributed by atoms with Crippen molar-refractivity contribution in [3.63, 3.8) is 0 Å². The molecule has 0 saturated carbocycles. The number of nitrogens with zero attached hydrogens (tertiary/aromatic N) is 1. The number of ether oxygens (including phenoxy) is 2. The van der Waals surface area contributed by atoms with E-state index >= 15 is 0 Å². The van der Waals surface area contributed by atoms with Crippen LogP contribution in [-0.2, 0) is 14.8 Å². The topological polar surface area (TPSA) is 114 Å². The maximum absolute atomic E-state index is 12.7. The molecule has 3 rings (SSSR count). The number of amides is 2. The fraction of sp³-hybridized carbons (Fsp3) is 0.300. The Kier molecular flexibility index (Phi) is 7.03. The molecule has 1 heterocycles. The largest absolute Gasteiger partial charge is 0.494 e. The molecule has 2 amide bonds. The molecule has 30 heavy (non-hydrogen) atoms. The predicted octanol–water partition coefficient (Wildman–Crippen LogP) is 1.18. The van der Waals surface area contributed by atoms with Crippen molar-refractivity contribution in [3.05, 3.63) is 59.7 Å². The Bertz CT molecular complexity index is 1000. The van der Waals surface area contributed by atoms with Gasteiger partial charge in [0.25, 0.3) is 11.8 Å². The van der Waals surface area contributed by atoms with E-state index in [2.05, 4.69) is 10.9 Å². The van der Waals surface area contributed by atoms with Gasteiger partial charge in [0.05, 0.1) is 24.7 Å². The maximum Gasteiger partial charge on any atom is 0.269 e. The third kappa shape index (κ3) is 5.15. The molecule has 1 aliphatic rings. The van der Waals surface area contributed by atoms with Crippen LogP contribution in [0.15, 0.2) is 53.4 Å². The predicted molar refractivity (Wildman–Crippen MR) is 109 cm³/mol. The summed E-state index contributed by atoms with van der Waals surface area (Å²) in [5.41, 5.74) is 5.05. The van der Waals surface area contributed by atoms with E-state index in [0.717, 1.165) is 0 Å². The second-order valence-corrected chi connectivity index (χ2v) is 8.35. The van der Waals surface area contributed by atoms with Crippen LogP contribution in [-0.4, -0.2) is 57.4 Å². The minimum atomic E-state index is -3.73. The number of rotatable bonds is 6. The number of hydrogen-bond donors (Lipinski definition) is 2. The molecule has 2 aromatic carbocycles. The minimum Gasteiger partial charge on any atom is -0.494 e. The number of nitrogens with one attached hydrogen (secondary N) is 2. The monoisotopic (exact) mass is 433 g/mol. The Morgan fingerprint density at radius 2 is 1.63 bits per heavy atom. The summed E-state index contributed by atoms with van der Waals surface area (Å²) >= 11 is 0. The van der Waals surface area contributed by atoms with Crippen molar-refractivity contribution in [2.45, 2.75) is 11.8 Å². The molecule has 2 aromatic rings. The van der Waals surface area contributed by atoms with E-state index in [4.69, 9.17) is 9.47 Å². The SMILES string of the molecule is CCOc1ccc(C(=O)NNC(=O)c2cccc(S(=O)(=O)N3CCOCC3)c2)cc1. The van der Waals surface area contributed by atoms with Gasteiger partial charge in [-0.05, 0) is 49.4 Å². The molecule has 0 bridgehead atoms. The lowest BCUT2D eigenvalue weighted by Crippen LogP contribution is -2.42. The van der Waals surface area contributed by atoms with Gasteiger partial charge in [-0.2, -0.15) is 4.31 Å². The van der Waals surface area contributed by atoms with Crippen molar-refractivity contribution in [2.75, 3.05) is 32.9 Å². The fourth-order valence-electron chi connectivity index (χ4n) is 2.86. The maximum atomic E-state index is 12.7. The third-order valence-corrected chi connectivity index (χ3v) is 6.32. The molecule has 9 nitrogen and oxygen atoms in total. The lowest BCUT2D eigenvalue weighted by Gasteiger charge is -2.26. The Balaban J connectivity index is 1.64. The quantitative estimate of drug-likeness (QED) is 0.662. The zero-order valence-corrected chi connectivity index (χ0v) is 17.3. The molecule has 1 saturated heterocycles. The van der Waals surface area contributed by atoms with Gasteiger partial charge in [-0.1, -0.05) is 6.07 Å². The molecular formula is C20H23N3O6S. The number of benzene rings is 2.